The minimum Gasteiger partial charge on any atom is -0.366 e. The summed E-state index contributed by atoms with van der Waals surface area (Å²) in [5.41, 5.74) is 5.67. The number of amides is 1. The maximum Gasteiger partial charge on any atom is 0.234 e. The standard InChI is InChI=1S/C28H24BrN5OS/c1-19-8-5-6-13-23(19)25-15-26(34-28(33-25)24(29)17-31-34)30-16-20-9-7-10-21(14-20)32-27(35)18-36-22-11-3-2-4-12-22/h2-15,17,30H,16,18H2,1H3,(H,32,35). The smallest absolute Gasteiger partial charge is 0.234 e. The van der Waals surface area contributed by atoms with Gasteiger partial charge in [0.05, 0.1) is 22.1 Å². The van der Waals surface area contributed by atoms with E-state index in [-0.39, 0.29) is 5.91 Å². The molecule has 5 rings (SSSR count). The van der Waals surface area contributed by atoms with Gasteiger partial charge in [-0.3, -0.25) is 4.79 Å². The van der Waals surface area contributed by atoms with Crippen LogP contribution in [0.15, 0.2) is 100 Å². The van der Waals surface area contributed by atoms with Crippen LogP contribution in [0.25, 0.3) is 16.9 Å². The number of hydrogen-bond donors (Lipinski definition) is 2. The molecule has 0 saturated heterocycles. The summed E-state index contributed by atoms with van der Waals surface area (Å²) in [6, 6.07) is 28.0. The molecule has 0 fully saturated rings. The lowest BCUT2D eigenvalue weighted by Crippen LogP contribution is -2.14. The molecule has 6 nitrogen and oxygen atoms in total. The molecule has 0 aliphatic carbocycles. The van der Waals surface area contributed by atoms with Crippen molar-refractivity contribution in [1.29, 1.82) is 0 Å². The lowest BCUT2D eigenvalue weighted by molar-refractivity contribution is -0.113. The van der Waals surface area contributed by atoms with Crippen LogP contribution in [0.2, 0.25) is 0 Å². The van der Waals surface area contributed by atoms with Crippen LogP contribution in [0.1, 0.15) is 11.1 Å². The van der Waals surface area contributed by atoms with Gasteiger partial charge in [0.15, 0.2) is 5.65 Å². The van der Waals surface area contributed by atoms with E-state index < -0.39 is 0 Å². The van der Waals surface area contributed by atoms with Crippen LogP contribution in [0.4, 0.5) is 11.5 Å². The molecule has 0 radical (unpaired) electrons. The summed E-state index contributed by atoms with van der Waals surface area (Å²) in [6.45, 7) is 2.64. The van der Waals surface area contributed by atoms with Gasteiger partial charge in [-0.05, 0) is 58.2 Å². The number of aryl methyl sites for hydroxylation is 1. The highest BCUT2D eigenvalue weighted by molar-refractivity contribution is 9.10. The first kappa shape index (κ1) is 24.1. The van der Waals surface area contributed by atoms with Crippen LogP contribution >= 0.6 is 27.7 Å². The third kappa shape index (κ3) is 5.61. The molecule has 180 valence electrons. The molecule has 0 atom stereocenters. The van der Waals surface area contributed by atoms with Gasteiger partial charge in [0, 0.05) is 28.8 Å². The zero-order valence-corrected chi connectivity index (χ0v) is 22.0. The number of carbonyl (C=O) groups excluding carboxylic acids is 1. The van der Waals surface area contributed by atoms with Gasteiger partial charge in [-0.25, -0.2) is 4.98 Å². The molecule has 2 N–H and O–H groups in total. The van der Waals surface area contributed by atoms with Crippen LogP contribution in [-0.2, 0) is 11.3 Å². The molecule has 0 saturated carbocycles. The number of carbonyl (C=O) groups is 1. The van der Waals surface area contributed by atoms with Gasteiger partial charge in [0.1, 0.15) is 5.82 Å². The Morgan fingerprint density at radius 3 is 2.64 bits per heavy atom. The minimum absolute atomic E-state index is 0.0333. The molecule has 0 aliphatic heterocycles. The van der Waals surface area contributed by atoms with Gasteiger partial charge in [-0.1, -0.05) is 54.6 Å². The Bertz CT molecular complexity index is 1520. The van der Waals surface area contributed by atoms with E-state index in [1.807, 2.05) is 72.8 Å². The Balaban J connectivity index is 1.30. The fourth-order valence-electron chi connectivity index (χ4n) is 3.87. The predicted octanol–water partition coefficient (Wildman–Crippen LogP) is 6.81. The first-order chi connectivity index (χ1) is 17.6. The molecule has 0 spiro atoms. The summed E-state index contributed by atoms with van der Waals surface area (Å²) in [5.74, 6) is 1.16. The van der Waals surface area contributed by atoms with E-state index in [0.29, 0.717) is 12.3 Å². The summed E-state index contributed by atoms with van der Waals surface area (Å²) >= 11 is 5.09. The fourth-order valence-corrected chi connectivity index (χ4v) is 4.94. The van der Waals surface area contributed by atoms with E-state index in [9.17, 15) is 4.79 Å². The average Bonchev–Trinajstić information content (AvgIpc) is 3.28. The quantitative estimate of drug-likeness (QED) is 0.205. The fraction of sp³-hybridized carbons (Fsp3) is 0.107. The number of benzene rings is 3. The Morgan fingerprint density at radius 1 is 1.00 bits per heavy atom. The van der Waals surface area contributed by atoms with Crippen molar-refractivity contribution in [2.24, 2.45) is 0 Å². The summed E-state index contributed by atoms with van der Waals surface area (Å²) < 4.78 is 2.62. The first-order valence-electron chi connectivity index (χ1n) is 11.5. The van der Waals surface area contributed by atoms with E-state index in [1.54, 1.807) is 10.7 Å². The molecule has 2 heterocycles. The van der Waals surface area contributed by atoms with Gasteiger partial charge in [0.2, 0.25) is 5.91 Å². The topological polar surface area (TPSA) is 71.3 Å². The molecular formula is C28H24BrN5OS. The third-order valence-electron chi connectivity index (χ3n) is 5.65. The van der Waals surface area contributed by atoms with Gasteiger partial charge < -0.3 is 10.6 Å². The summed E-state index contributed by atoms with van der Waals surface area (Å²) in [7, 11) is 0. The van der Waals surface area contributed by atoms with Gasteiger partial charge >= 0.3 is 0 Å². The van der Waals surface area contributed by atoms with E-state index in [2.05, 4.69) is 50.7 Å². The second-order valence-corrected chi connectivity index (χ2v) is 10.2. The molecule has 0 bridgehead atoms. The van der Waals surface area contributed by atoms with Crippen molar-refractivity contribution in [1.82, 2.24) is 14.6 Å². The zero-order chi connectivity index (χ0) is 24.9. The second-order valence-electron chi connectivity index (χ2n) is 8.27. The van der Waals surface area contributed by atoms with Crippen molar-refractivity contribution < 1.29 is 4.79 Å². The minimum atomic E-state index is -0.0333. The Kier molecular flexibility index (Phi) is 7.34. The van der Waals surface area contributed by atoms with Crippen LogP contribution in [-0.4, -0.2) is 26.3 Å². The summed E-state index contributed by atoms with van der Waals surface area (Å²) in [4.78, 5) is 18.4. The van der Waals surface area contributed by atoms with Crippen molar-refractivity contribution in [2.75, 3.05) is 16.4 Å². The van der Waals surface area contributed by atoms with Crippen LogP contribution < -0.4 is 10.6 Å². The number of anilines is 2. The molecule has 0 aliphatic rings. The van der Waals surface area contributed by atoms with Crippen molar-refractivity contribution >= 4 is 50.8 Å². The largest absolute Gasteiger partial charge is 0.366 e. The first-order valence-corrected chi connectivity index (χ1v) is 13.3. The molecule has 0 unspecified atom stereocenters. The maximum absolute atomic E-state index is 12.5. The highest BCUT2D eigenvalue weighted by Gasteiger charge is 2.13. The lowest BCUT2D eigenvalue weighted by Gasteiger charge is -2.13. The highest BCUT2D eigenvalue weighted by Crippen LogP contribution is 2.28. The highest BCUT2D eigenvalue weighted by atomic mass is 79.9. The maximum atomic E-state index is 12.5. The van der Waals surface area contributed by atoms with E-state index in [1.165, 1.54) is 11.8 Å². The second kappa shape index (κ2) is 11.0. The number of nitrogens with one attached hydrogen (secondary N) is 2. The Labute approximate surface area is 222 Å². The van der Waals surface area contributed by atoms with Crippen molar-refractivity contribution in [2.45, 2.75) is 18.4 Å². The number of aromatic nitrogens is 3. The average molecular weight is 559 g/mol. The van der Waals surface area contributed by atoms with Crippen molar-refractivity contribution in [3.8, 4) is 11.3 Å². The SMILES string of the molecule is Cc1ccccc1-c1cc(NCc2cccc(NC(=O)CSc3ccccc3)c2)n2ncc(Br)c2n1. The summed E-state index contributed by atoms with van der Waals surface area (Å²) in [6.07, 6.45) is 1.75. The van der Waals surface area contributed by atoms with Crippen molar-refractivity contribution in [3.05, 3.63) is 107 Å². The van der Waals surface area contributed by atoms with Gasteiger partial charge in [-0.15, -0.1) is 11.8 Å². The number of hydrogen-bond acceptors (Lipinski definition) is 5. The Hall–Kier alpha value is -3.62. The van der Waals surface area contributed by atoms with Crippen LogP contribution in [0, 0.1) is 6.92 Å². The van der Waals surface area contributed by atoms with E-state index >= 15 is 0 Å². The number of halogens is 1. The predicted molar refractivity (Wildman–Crippen MR) is 150 cm³/mol. The number of rotatable bonds is 8. The molecule has 36 heavy (non-hydrogen) atoms. The number of nitrogens with zero attached hydrogens (tertiary/aromatic N) is 3. The number of fused-ring (bicyclic) bond motifs is 1. The Morgan fingerprint density at radius 2 is 1.81 bits per heavy atom. The van der Waals surface area contributed by atoms with Crippen LogP contribution in [0.5, 0.6) is 0 Å². The van der Waals surface area contributed by atoms with Gasteiger partial charge in [-0.2, -0.15) is 9.61 Å². The summed E-state index contributed by atoms with van der Waals surface area (Å²) in [5, 5.41) is 11.0. The third-order valence-corrected chi connectivity index (χ3v) is 7.22. The number of thioether (sulfide) groups is 1. The zero-order valence-electron chi connectivity index (χ0n) is 19.6. The molecule has 3 aromatic carbocycles. The molecule has 8 heteroatoms. The van der Waals surface area contributed by atoms with Gasteiger partial charge in [0.25, 0.3) is 0 Å². The van der Waals surface area contributed by atoms with Crippen LogP contribution in [0.3, 0.4) is 0 Å². The molecule has 5 aromatic rings. The molecule has 2 aromatic heterocycles. The molecule has 1 amide bonds. The monoisotopic (exact) mass is 557 g/mol. The van der Waals surface area contributed by atoms with Crippen molar-refractivity contribution in [3.63, 3.8) is 0 Å². The normalized spacial score (nSPS) is 10.9. The van der Waals surface area contributed by atoms with E-state index in [4.69, 9.17) is 4.98 Å². The lowest BCUT2D eigenvalue weighted by atomic mass is 10.1. The molecular weight excluding hydrogens is 534 g/mol. The van der Waals surface area contributed by atoms with E-state index in [0.717, 1.165) is 48.9 Å².